The average Bonchev–Trinajstić information content (AvgIpc) is 2.92. The fraction of sp³-hybridized carbons (Fsp3) is 0.600. The van der Waals surface area contributed by atoms with E-state index >= 15 is 0 Å². The van der Waals surface area contributed by atoms with Gasteiger partial charge < -0.3 is 14.4 Å². The van der Waals surface area contributed by atoms with Gasteiger partial charge in [-0.15, -0.1) is 0 Å². The Morgan fingerprint density at radius 2 is 1.41 bits per heavy atom. The van der Waals surface area contributed by atoms with Crippen LogP contribution in [0.3, 0.4) is 0 Å². The van der Waals surface area contributed by atoms with E-state index in [1.54, 1.807) is 0 Å². The number of rotatable bonds is 8. The van der Waals surface area contributed by atoms with E-state index in [0.717, 1.165) is 49.8 Å². The molecule has 0 aromatic heterocycles. The second-order valence-electron chi connectivity index (χ2n) is 14.2. The van der Waals surface area contributed by atoms with Crippen LogP contribution in [0, 0.1) is 17.3 Å². The van der Waals surface area contributed by atoms with E-state index in [4.69, 9.17) is 9.47 Å². The van der Waals surface area contributed by atoms with Crippen molar-refractivity contribution in [1.29, 1.82) is 0 Å². The Bertz CT molecular complexity index is 1200. The van der Waals surface area contributed by atoms with Crippen molar-refractivity contribution >= 4 is 17.6 Å². The lowest BCUT2D eigenvalue weighted by Gasteiger charge is -2.72. The van der Waals surface area contributed by atoms with Gasteiger partial charge in [0.1, 0.15) is 12.2 Å². The van der Waals surface area contributed by atoms with E-state index in [0.29, 0.717) is 12.2 Å². The Kier molecular flexibility index (Phi) is 7.65. The predicted molar refractivity (Wildman–Crippen MR) is 161 cm³/mol. The largest absolute Gasteiger partial charge is 0.460 e. The van der Waals surface area contributed by atoms with Gasteiger partial charge in [0.15, 0.2) is 0 Å². The topological polar surface area (TPSA) is 59.1 Å². The third kappa shape index (κ3) is 6.04. The first-order valence-corrected chi connectivity index (χ1v) is 15.7. The molecule has 6 heteroatoms. The van der Waals surface area contributed by atoms with Gasteiger partial charge in [0, 0.05) is 24.3 Å². The van der Waals surface area contributed by atoms with Crippen LogP contribution in [0.4, 0.5) is 5.69 Å². The monoisotopic (exact) mass is 558 g/mol. The van der Waals surface area contributed by atoms with Crippen molar-refractivity contribution < 1.29 is 19.1 Å². The molecule has 220 valence electrons. The van der Waals surface area contributed by atoms with E-state index in [-0.39, 0.29) is 22.9 Å². The van der Waals surface area contributed by atoms with Gasteiger partial charge in [0.25, 0.3) is 0 Å². The summed E-state index contributed by atoms with van der Waals surface area (Å²) in [4.78, 5) is 30.3. The number of piperidine rings is 2. The van der Waals surface area contributed by atoms with E-state index < -0.39 is 5.60 Å². The van der Waals surface area contributed by atoms with E-state index in [1.165, 1.54) is 50.9 Å². The summed E-state index contributed by atoms with van der Waals surface area (Å²) in [6.07, 6.45) is 9.40. The summed E-state index contributed by atoms with van der Waals surface area (Å²) in [5.41, 5.74) is 2.47. The summed E-state index contributed by atoms with van der Waals surface area (Å²) in [6.45, 7) is 10.6. The second-order valence-corrected chi connectivity index (χ2v) is 14.2. The third-order valence-corrected chi connectivity index (χ3v) is 10.1. The number of benzene rings is 2. The van der Waals surface area contributed by atoms with Crippen molar-refractivity contribution in [3.63, 3.8) is 0 Å². The fourth-order valence-electron chi connectivity index (χ4n) is 7.85. The average molecular weight is 559 g/mol. The number of anilines is 1. The van der Waals surface area contributed by atoms with Crippen LogP contribution in [0.15, 0.2) is 54.6 Å². The van der Waals surface area contributed by atoms with Gasteiger partial charge in [-0.25, -0.2) is 4.79 Å². The number of likely N-dealkylation sites (tertiary alicyclic amines) is 1. The van der Waals surface area contributed by atoms with Gasteiger partial charge in [-0.2, -0.15) is 0 Å². The zero-order valence-electron chi connectivity index (χ0n) is 25.1. The van der Waals surface area contributed by atoms with Gasteiger partial charge in [-0.3, -0.25) is 9.69 Å². The van der Waals surface area contributed by atoms with Crippen LogP contribution in [-0.4, -0.2) is 54.2 Å². The molecule has 0 atom stereocenters. The number of nitrogens with zero attached hydrogens (tertiary/aromatic N) is 2. The van der Waals surface area contributed by atoms with Crippen LogP contribution < -0.4 is 4.90 Å². The van der Waals surface area contributed by atoms with Crippen molar-refractivity contribution in [2.24, 2.45) is 17.3 Å². The minimum absolute atomic E-state index is 0.0171. The number of hydrogen-bond donors (Lipinski definition) is 0. The highest BCUT2D eigenvalue weighted by Gasteiger charge is 2.74. The maximum absolute atomic E-state index is 12.8. The number of ether oxygens (including phenoxy) is 2. The SMILES string of the molecule is CC(C)(C)OC(=O)c1ccc(N2CCC(CC3CCN(C45CC(C(=O)OCc6ccccc6)(C4)C5)CC3)CC2)cc1. The molecule has 0 spiro atoms. The molecule has 2 saturated heterocycles. The molecular formula is C35H46N2O4. The molecule has 0 unspecified atom stereocenters. The maximum atomic E-state index is 12.8. The van der Waals surface area contributed by atoms with Gasteiger partial charge >= 0.3 is 11.9 Å². The second kappa shape index (κ2) is 11.1. The molecule has 5 aliphatic rings. The molecule has 2 aliphatic heterocycles. The molecule has 5 fully saturated rings. The molecule has 2 aromatic rings. The zero-order chi connectivity index (χ0) is 28.7. The summed E-state index contributed by atoms with van der Waals surface area (Å²) in [6, 6.07) is 17.9. The first-order valence-electron chi connectivity index (χ1n) is 15.7. The number of esters is 2. The first-order chi connectivity index (χ1) is 19.6. The van der Waals surface area contributed by atoms with Crippen molar-refractivity contribution in [3.8, 4) is 0 Å². The highest BCUT2D eigenvalue weighted by molar-refractivity contribution is 5.90. The Balaban J connectivity index is 0.894. The van der Waals surface area contributed by atoms with Gasteiger partial charge in [-0.1, -0.05) is 30.3 Å². The minimum Gasteiger partial charge on any atom is -0.460 e. The van der Waals surface area contributed by atoms with Crippen molar-refractivity contribution in [1.82, 2.24) is 4.90 Å². The van der Waals surface area contributed by atoms with Crippen LogP contribution >= 0.6 is 0 Å². The van der Waals surface area contributed by atoms with Crippen LogP contribution in [0.1, 0.15) is 88.1 Å². The zero-order valence-corrected chi connectivity index (χ0v) is 25.1. The summed E-state index contributed by atoms with van der Waals surface area (Å²) in [7, 11) is 0. The molecule has 41 heavy (non-hydrogen) atoms. The number of carbonyl (C=O) groups is 2. The smallest absolute Gasteiger partial charge is 0.338 e. The van der Waals surface area contributed by atoms with E-state index in [1.807, 2.05) is 63.2 Å². The summed E-state index contributed by atoms with van der Waals surface area (Å²) in [5, 5.41) is 0. The molecular weight excluding hydrogens is 512 g/mol. The first kappa shape index (κ1) is 28.3. The number of hydrogen-bond acceptors (Lipinski definition) is 6. The Morgan fingerprint density at radius 1 is 0.829 bits per heavy atom. The molecule has 0 amide bonds. The molecule has 0 N–H and O–H groups in total. The van der Waals surface area contributed by atoms with Crippen LogP contribution in [-0.2, 0) is 20.9 Å². The highest BCUT2D eigenvalue weighted by atomic mass is 16.6. The van der Waals surface area contributed by atoms with Gasteiger partial charge in [-0.05, 0) is 127 Å². The van der Waals surface area contributed by atoms with Crippen molar-refractivity contribution in [2.75, 3.05) is 31.1 Å². The Labute approximate surface area is 245 Å². The lowest BCUT2D eigenvalue weighted by molar-refractivity contribution is -0.240. The Hall–Kier alpha value is -2.86. The summed E-state index contributed by atoms with van der Waals surface area (Å²) in [5.74, 6) is 1.39. The van der Waals surface area contributed by atoms with E-state index in [2.05, 4.69) is 21.9 Å². The predicted octanol–water partition coefficient (Wildman–Crippen LogP) is 6.63. The molecule has 7 rings (SSSR count). The maximum Gasteiger partial charge on any atom is 0.338 e. The van der Waals surface area contributed by atoms with Crippen molar-refractivity contribution in [2.45, 2.75) is 89.9 Å². The van der Waals surface area contributed by atoms with Gasteiger partial charge in [0.2, 0.25) is 0 Å². The lowest BCUT2D eigenvalue weighted by atomic mass is 9.38. The van der Waals surface area contributed by atoms with E-state index in [9.17, 15) is 9.59 Å². The third-order valence-electron chi connectivity index (χ3n) is 10.1. The van der Waals surface area contributed by atoms with Crippen LogP contribution in [0.25, 0.3) is 0 Å². The molecule has 2 bridgehead atoms. The molecule has 6 nitrogen and oxygen atoms in total. The molecule has 3 saturated carbocycles. The highest BCUT2D eigenvalue weighted by Crippen LogP contribution is 2.70. The summed E-state index contributed by atoms with van der Waals surface area (Å²) >= 11 is 0. The fourth-order valence-corrected chi connectivity index (χ4v) is 7.85. The lowest BCUT2D eigenvalue weighted by Crippen LogP contribution is -2.77. The Morgan fingerprint density at radius 3 is 2.00 bits per heavy atom. The molecule has 2 heterocycles. The van der Waals surface area contributed by atoms with Gasteiger partial charge in [0.05, 0.1) is 11.0 Å². The normalized spacial score (nSPS) is 27.0. The van der Waals surface area contributed by atoms with Crippen LogP contribution in [0.2, 0.25) is 0 Å². The molecule has 3 aliphatic carbocycles. The quantitative estimate of drug-likeness (QED) is 0.339. The van der Waals surface area contributed by atoms with Crippen LogP contribution in [0.5, 0.6) is 0 Å². The number of carbonyl (C=O) groups excluding carboxylic acids is 2. The molecule has 0 radical (unpaired) electrons. The summed E-state index contributed by atoms with van der Waals surface area (Å²) < 4.78 is 11.2. The molecule has 2 aromatic carbocycles. The minimum atomic E-state index is -0.479. The van der Waals surface area contributed by atoms with Crippen molar-refractivity contribution in [3.05, 3.63) is 65.7 Å². The standard InChI is InChI=1S/C35H46N2O4/c1-33(2,3)41-31(38)29-9-11-30(12-10-29)36-17-13-26(14-18-36)21-27-15-19-37(20-16-27)35-23-34(24-35,25-35)32(39)40-22-28-7-5-4-6-8-28/h4-12,26-27H,13-25H2,1-3H3.